The molecular formula is C17H25O. The summed E-state index contributed by atoms with van der Waals surface area (Å²) in [6.45, 7) is 6.87. The molecule has 0 spiro atoms. The molecule has 1 aromatic carbocycles. The molecule has 1 radical (unpaired) electrons. The van der Waals surface area contributed by atoms with Crippen molar-refractivity contribution in [3.05, 3.63) is 42.8 Å². The Hall–Kier alpha value is -1.24. The van der Waals surface area contributed by atoms with Crippen molar-refractivity contribution in [1.29, 1.82) is 0 Å². The molecule has 1 nitrogen and oxygen atoms in total. The second-order valence-corrected chi connectivity index (χ2v) is 4.52. The summed E-state index contributed by atoms with van der Waals surface area (Å²) < 4.78 is 5.70. The van der Waals surface area contributed by atoms with Crippen molar-refractivity contribution >= 4 is 6.08 Å². The van der Waals surface area contributed by atoms with Crippen LogP contribution < -0.4 is 4.74 Å². The Bertz CT molecular complexity index is 324. The zero-order chi connectivity index (χ0) is 13.1. The number of allylic oxidation sites excluding steroid dienone is 1. The minimum Gasteiger partial charge on any atom is -0.494 e. The molecule has 0 bridgehead atoms. The summed E-state index contributed by atoms with van der Waals surface area (Å²) in [6, 6.07) is 8.29. The lowest BCUT2D eigenvalue weighted by atomic mass is 10.2. The van der Waals surface area contributed by atoms with Crippen LogP contribution in [0.2, 0.25) is 0 Å². The highest BCUT2D eigenvalue weighted by molar-refractivity contribution is 5.50. The highest BCUT2D eigenvalue weighted by Crippen LogP contribution is 2.14. The molecule has 0 unspecified atom stereocenters. The SMILES string of the molecule is [CH2]CCC=Cc1ccc(OCCCCCC)cc1. The normalized spacial score (nSPS) is 11.0. The molecule has 0 aromatic heterocycles. The molecule has 0 saturated carbocycles. The second kappa shape index (κ2) is 9.76. The quantitative estimate of drug-likeness (QED) is 0.538. The number of hydrogen-bond acceptors (Lipinski definition) is 1. The summed E-state index contributed by atoms with van der Waals surface area (Å²) in [4.78, 5) is 0. The summed E-state index contributed by atoms with van der Waals surface area (Å²) in [5.74, 6) is 0.973. The van der Waals surface area contributed by atoms with E-state index < -0.39 is 0 Å². The molecule has 1 rings (SSSR count). The van der Waals surface area contributed by atoms with E-state index in [0.29, 0.717) is 0 Å². The zero-order valence-electron chi connectivity index (χ0n) is 11.5. The topological polar surface area (TPSA) is 9.23 Å². The van der Waals surface area contributed by atoms with E-state index in [4.69, 9.17) is 4.74 Å². The molecule has 18 heavy (non-hydrogen) atoms. The van der Waals surface area contributed by atoms with Gasteiger partial charge in [-0.2, -0.15) is 0 Å². The maximum atomic E-state index is 5.70. The van der Waals surface area contributed by atoms with Gasteiger partial charge in [-0.25, -0.2) is 0 Å². The van der Waals surface area contributed by atoms with Gasteiger partial charge in [-0.1, -0.05) is 57.4 Å². The first-order valence-electron chi connectivity index (χ1n) is 7.05. The molecular weight excluding hydrogens is 220 g/mol. The Kier molecular flexibility index (Phi) is 8.03. The lowest BCUT2D eigenvalue weighted by Gasteiger charge is -2.06. The van der Waals surface area contributed by atoms with Crippen LogP contribution in [0.5, 0.6) is 5.75 Å². The molecule has 0 N–H and O–H groups in total. The van der Waals surface area contributed by atoms with Crippen LogP contribution >= 0.6 is 0 Å². The van der Waals surface area contributed by atoms with Crippen molar-refractivity contribution in [1.82, 2.24) is 0 Å². The van der Waals surface area contributed by atoms with Crippen molar-refractivity contribution in [2.45, 2.75) is 45.4 Å². The van der Waals surface area contributed by atoms with Crippen LogP contribution in [0.15, 0.2) is 30.3 Å². The van der Waals surface area contributed by atoms with Crippen molar-refractivity contribution in [3.63, 3.8) is 0 Å². The van der Waals surface area contributed by atoms with Gasteiger partial charge in [0.1, 0.15) is 5.75 Å². The average Bonchev–Trinajstić information content (AvgIpc) is 2.40. The minimum absolute atomic E-state index is 0.830. The number of rotatable bonds is 9. The lowest BCUT2D eigenvalue weighted by Crippen LogP contribution is -1.96. The van der Waals surface area contributed by atoms with Crippen LogP contribution in [0.3, 0.4) is 0 Å². The predicted octanol–water partition coefficient (Wildman–Crippen LogP) is 5.27. The molecule has 0 aliphatic carbocycles. The minimum atomic E-state index is 0.830. The van der Waals surface area contributed by atoms with Crippen LogP contribution in [-0.4, -0.2) is 6.61 Å². The van der Waals surface area contributed by atoms with E-state index in [1.165, 1.54) is 24.8 Å². The third-order valence-electron chi connectivity index (χ3n) is 2.83. The summed E-state index contributed by atoms with van der Waals surface area (Å²) in [5, 5.41) is 0. The van der Waals surface area contributed by atoms with Crippen LogP contribution in [0.4, 0.5) is 0 Å². The van der Waals surface area contributed by atoms with Gasteiger partial charge in [-0.3, -0.25) is 0 Å². The standard InChI is InChI=1S/C17H25O/c1-3-5-7-9-15-18-17-13-11-16(12-14-17)10-8-6-4-2/h8,10-14H,2-7,9,15H2,1H3. The van der Waals surface area contributed by atoms with Crippen LogP contribution in [-0.2, 0) is 0 Å². The van der Waals surface area contributed by atoms with Gasteiger partial charge in [0, 0.05) is 0 Å². The van der Waals surface area contributed by atoms with Crippen LogP contribution in [0.1, 0.15) is 51.0 Å². The van der Waals surface area contributed by atoms with E-state index in [0.717, 1.165) is 31.6 Å². The molecule has 1 aromatic rings. The average molecular weight is 245 g/mol. The highest BCUT2D eigenvalue weighted by atomic mass is 16.5. The van der Waals surface area contributed by atoms with Gasteiger partial charge < -0.3 is 4.74 Å². The van der Waals surface area contributed by atoms with Gasteiger partial charge in [0.25, 0.3) is 0 Å². The molecule has 0 aliphatic rings. The van der Waals surface area contributed by atoms with E-state index >= 15 is 0 Å². The van der Waals surface area contributed by atoms with Gasteiger partial charge in [-0.05, 0) is 37.0 Å². The summed E-state index contributed by atoms with van der Waals surface area (Å²) >= 11 is 0. The Morgan fingerprint density at radius 3 is 2.56 bits per heavy atom. The number of benzene rings is 1. The number of hydrogen-bond donors (Lipinski definition) is 0. The van der Waals surface area contributed by atoms with E-state index in [1.807, 2.05) is 12.1 Å². The summed E-state index contributed by atoms with van der Waals surface area (Å²) in [7, 11) is 0. The van der Waals surface area contributed by atoms with Gasteiger partial charge >= 0.3 is 0 Å². The fourth-order valence-corrected chi connectivity index (χ4v) is 1.73. The molecule has 0 saturated heterocycles. The third kappa shape index (κ3) is 6.48. The first-order valence-corrected chi connectivity index (χ1v) is 7.05. The van der Waals surface area contributed by atoms with E-state index in [9.17, 15) is 0 Å². The van der Waals surface area contributed by atoms with Crippen LogP contribution in [0, 0.1) is 6.92 Å². The Labute approximate surface area is 112 Å². The second-order valence-electron chi connectivity index (χ2n) is 4.52. The fourth-order valence-electron chi connectivity index (χ4n) is 1.73. The Morgan fingerprint density at radius 1 is 1.11 bits per heavy atom. The lowest BCUT2D eigenvalue weighted by molar-refractivity contribution is 0.305. The Morgan fingerprint density at radius 2 is 1.89 bits per heavy atom. The molecule has 99 valence electrons. The van der Waals surface area contributed by atoms with Crippen molar-refractivity contribution in [2.75, 3.05) is 6.61 Å². The molecule has 0 fully saturated rings. The predicted molar refractivity (Wildman–Crippen MR) is 79.7 cm³/mol. The smallest absolute Gasteiger partial charge is 0.119 e. The molecule has 0 heterocycles. The van der Waals surface area contributed by atoms with E-state index in [2.05, 4.69) is 38.1 Å². The summed E-state index contributed by atoms with van der Waals surface area (Å²) in [5.41, 5.74) is 1.22. The summed E-state index contributed by atoms with van der Waals surface area (Å²) in [6.07, 6.45) is 11.3. The third-order valence-corrected chi connectivity index (χ3v) is 2.83. The fraction of sp³-hybridized carbons (Fsp3) is 0.471. The molecule has 0 amide bonds. The molecule has 0 atom stereocenters. The Balaban J connectivity index is 2.27. The van der Waals surface area contributed by atoms with Crippen molar-refractivity contribution in [3.8, 4) is 5.75 Å². The highest BCUT2D eigenvalue weighted by Gasteiger charge is 1.94. The van der Waals surface area contributed by atoms with Gasteiger partial charge in [-0.15, -0.1) is 0 Å². The van der Waals surface area contributed by atoms with Crippen LogP contribution in [0.25, 0.3) is 6.08 Å². The molecule has 1 heteroatoms. The first kappa shape index (κ1) is 14.8. The van der Waals surface area contributed by atoms with Crippen molar-refractivity contribution in [2.24, 2.45) is 0 Å². The monoisotopic (exact) mass is 245 g/mol. The number of ether oxygens (including phenoxy) is 1. The van der Waals surface area contributed by atoms with Crippen molar-refractivity contribution < 1.29 is 4.74 Å². The van der Waals surface area contributed by atoms with E-state index in [-0.39, 0.29) is 0 Å². The zero-order valence-corrected chi connectivity index (χ0v) is 11.5. The maximum absolute atomic E-state index is 5.70. The largest absolute Gasteiger partial charge is 0.494 e. The maximum Gasteiger partial charge on any atom is 0.119 e. The van der Waals surface area contributed by atoms with Gasteiger partial charge in [0.2, 0.25) is 0 Å². The van der Waals surface area contributed by atoms with Gasteiger partial charge in [0.05, 0.1) is 6.61 Å². The number of unbranched alkanes of at least 4 members (excludes halogenated alkanes) is 4. The first-order chi connectivity index (χ1) is 8.86. The van der Waals surface area contributed by atoms with Gasteiger partial charge in [0.15, 0.2) is 0 Å². The van der Waals surface area contributed by atoms with E-state index in [1.54, 1.807) is 0 Å². The molecule has 0 aliphatic heterocycles.